The third-order valence-corrected chi connectivity index (χ3v) is 2.62. The van der Waals surface area contributed by atoms with Crippen LogP contribution in [0.15, 0.2) is 10.2 Å². The van der Waals surface area contributed by atoms with Crippen LogP contribution in [0, 0.1) is 0 Å². The molecule has 1 heterocycles. The molecule has 0 N–H and O–H groups in total. The summed E-state index contributed by atoms with van der Waals surface area (Å²) in [5.41, 5.74) is -1.50. The number of carbonyl (C=O) groups excluding carboxylic acids is 1. The van der Waals surface area contributed by atoms with Gasteiger partial charge in [0.15, 0.2) is 11.8 Å². The van der Waals surface area contributed by atoms with Gasteiger partial charge in [-0.2, -0.15) is 10.2 Å². The van der Waals surface area contributed by atoms with Crippen LogP contribution in [0.5, 0.6) is 0 Å². The predicted molar refractivity (Wildman–Crippen MR) is 60.7 cm³/mol. The van der Waals surface area contributed by atoms with E-state index in [9.17, 15) is 4.79 Å². The Morgan fingerprint density at radius 1 is 1.18 bits per heavy atom. The largest absolute Gasteiger partial charge is 0.467 e. The highest BCUT2D eigenvalue weighted by Crippen LogP contribution is 2.35. The Kier molecular flexibility index (Phi) is 3.88. The minimum absolute atomic E-state index is 0.121. The summed E-state index contributed by atoms with van der Waals surface area (Å²) in [7, 11) is 2.91. The van der Waals surface area contributed by atoms with Gasteiger partial charge in [0.1, 0.15) is 11.6 Å². The normalized spacial score (nSPS) is 25.1. The molecule has 1 rings (SSSR count). The van der Waals surface area contributed by atoms with E-state index in [1.807, 2.05) is 13.8 Å². The van der Waals surface area contributed by atoms with Crippen molar-refractivity contribution in [3.8, 4) is 0 Å². The Morgan fingerprint density at radius 3 is 2.18 bits per heavy atom. The van der Waals surface area contributed by atoms with Gasteiger partial charge in [-0.3, -0.25) is 0 Å². The first-order valence-electron chi connectivity index (χ1n) is 5.45. The van der Waals surface area contributed by atoms with Gasteiger partial charge in [-0.05, 0) is 27.7 Å². The zero-order valence-electron chi connectivity index (χ0n) is 11.2. The van der Waals surface area contributed by atoms with Crippen molar-refractivity contribution < 1.29 is 19.0 Å². The number of hydrogen-bond acceptors (Lipinski definition) is 6. The van der Waals surface area contributed by atoms with E-state index in [1.165, 1.54) is 7.11 Å². The van der Waals surface area contributed by atoms with E-state index < -0.39 is 17.0 Å². The Balaban J connectivity index is 2.67. The van der Waals surface area contributed by atoms with E-state index >= 15 is 0 Å². The lowest BCUT2D eigenvalue weighted by Crippen LogP contribution is -2.33. The molecule has 2 atom stereocenters. The Labute approximate surface area is 101 Å². The fourth-order valence-corrected chi connectivity index (χ4v) is 1.38. The summed E-state index contributed by atoms with van der Waals surface area (Å²) >= 11 is 0. The molecule has 0 spiro atoms. The standard InChI is InChI=1S/C11H20N2O4/c1-10(2,7-8(15-5)17-7)12-13-11(3,4)9(14)16-6/h7-8H,1-6H3. The van der Waals surface area contributed by atoms with Crippen molar-refractivity contribution in [1.29, 1.82) is 0 Å². The van der Waals surface area contributed by atoms with Crippen molar-refractivity contribution >= 4 is 5.97 Å². The van der Waals surface area contributed by atoms with Gasteiger partial charge in [0, 0.05) is 7.11 Å². The number of methoxy groups -OCH3 is 2. The molecule has 6 nitrogen and oxygen atoms in total. The van der Waals surface area contributed by atoms with Crippen molar-refractivity contribution in [3.63, 3.8) is 0 Å². The van der Waals surface area contributed by atoms with E-state index in [1.54, 1.807) is 21.0 Å². The second-order valence-corrected chi connectivity index (χ2v) is 5.07. The summed E-state index contributed by atoms with van der Waals surface area (Å²) in [4.78, 5) is 11.4. The second-order valence-electron chi connectivity index (χ2n) is 5.07. The summed E-state index contributed by atoms with van der Waals surface area (Å²) in [6, 6.07) is 0. The number of azo groups is 1. The van der Waals surface area contributed by atoms with Crippen LogP contribution in [0.3, 0.4) is 0 Å². The number of ether oxygens (including phenoxy) is 3. The first-order valence-corrected chi connectivity index (χ1v) is 5.45. The van der Waals surface area contributed by atoms with Crippen molar-refractivity contribution in [2.75, 3.05) is 14.2 Å². The van der Waals surface area contributed by atoms with Gasteiger partial charge in [0.2, 0.25) is 0 Å². The van der Waals surface area contributed by atoms with Gasteiger partial charge in [0.25, 0.3) is 0 Å². The lowest BCUT2D eigenvalue weighted by molar-refractivity contribution is -0.145. The van der Waals surface area contributed by atoms with Crippen LogP contribution < -0.4 is 0 Å². The second kappa shape index (κ2) is 4.70. The van der Waals surface area contributed by atoms with E-state index in [-0.39, 0.29) is 12.4 Å². The molecule has 1 saturated heterocycles. The van der Waals surface area contributed by atoms with Crippen LogP contribution in [0.4, 0.5) is 0 Å². The van der Waals surface area contributed by atoms with Gasteiger partial charge in [-0.1, -0.05) is 0 Å². The van der Waals surface area contributed by atoms with Crippen LogP contribution in [0.25, 0.3) is 0 Å². The Hall–Kier alpha value is -1.01. The molecular weight excluding hydrogens is 224 g/mol. The maximum atomic E-state index is 11.4. The van der Waals surface area contributed by atoms with Gasteiger partial charge >= 0.3 is 5.97 Å². The fourth-order valence-electron chi connectivity index (χ4n) is 1.38. The van der Waals surface area contributed by atoms with Crippen LogP contribution >= 0.6 is 0 Å². The maximum absolute atomic E-state index is 11.4. The van der Waals surface area contributed by atoms with E-state index in [2.05, 4.69) is 15.0 Å². The lowest BCUT2D eigenvalue weighted by atomic mass is 10.0. The summed E-state index contributed by atoms with van der Waals surface area (Å²) in [6.45, 7) is 7.07. The number of esters is 1. The van der Waals surface area contributed by atoms with Crippen molar-refractivity contribution in [3.05, 3.63) is 0 Å². The molecule has 1 aliphatic heterocycles. The van der Waals surface area contributed by atoms with Crippen molar-refractivity contribution in [2.45, 2.75) is 51.2 Å². The zero-order valence-corrected chi connectivity index (χ0v) is 11.2. The quantitative estimate of drug-likeness (QED) is 0.418. The molecule has 0 aromatic heterocycles. The number of nitrogens with zero attached hydrogens (tertiary/aromatic N) is 2. The molecule has 6 heteroatoms. The third kappa shape index (κ3) is 3.23. The van der Waals surface area contributed by atoms with Gasteiger partial charge in [0.05, 0.1) is 7.11 Å². The Morgan fingerprint density at radius 2 is 1.76 bits per heavy atom. The van der Waals surface area contributed by atoms with Crippen LogP contribution in [-0.4, -0.2) is 43.7 Å². The molecule has 0 aromatic carbocycles. The molecule has 2 unspecified atom stereocenters. The Bertz CT molecular complexity index is 325. The minimum Gasteiger partial charge on any atom is -0.467 e. The monoisotopic (exact) mass is 244 g/mol. The number of epoxide rings is 1. The molecule has 0 aliphatic carbocycles. The smallest absolute Gasteiger partial charge is 0.335 e. The first kappa shape index (κ1) is 14.1. The number of carbonyl (C=O) groups is 1. The average molecular weight is 244 g/mol. The maximum Gasteiger partial charge on any atom is 0.335 e. The minimum atomic E-state index is -0.983. The van der Waals surface area contributed by atoms with E-state index in [4.69, 9.17) is 9.47 Å². The summed E-state index contributed by atoms with van der Waals surface area (Å²) in [5, 5.41) is 8.22. The molecule has 98 valence electrons. The summed E-state index contributed by atoms with van der Waals surface area (Å²) in [5.74, 6) is -0.419. The van der Waals surface area contributed by atoms with E-state index in [0.717, 1.165) is 0 Å². The summed E-state index contributed by atoms with van der Waals surface area (Å²) in [6.07, 6.45) is -0.352. The number of hydrogen-bond donors (Lipinski definition) is 0. The van der Waals surface area contributed by atoms with Gasteiger partial charge < -0.3 is 14.2 Å². The highest BCUT2D eigenvalue weighted by molar-refractivity contribution is 5.79. The number of rotatable bonds is 5. The molecule has 1 fully saturated rings. The van der Waals surface area contributed by atoms with Crippen LogP contribution in [-0.2, 0) is 19.0 Å². The average Bonchev–Trinajstić information content (AvgIpc) is 3.05. The van der Waals surface area contributed by atoms with Crippen molar-refractivity contribution in [2.24, 2.45) is 10.2 Å². The van der Waals surface area contributed by atoms with Crippen LogP contribution in [0.2, 0.25) is 0 Å². The van der Waals surface area contributed by atoms with Crippen molar-refractivity contribution in [1.82, 2.24) is 0 Å². The molecule has 0 bridgehead atoms. The first-order chi connectivity index (χ1) is 7.74. The molecule has 17 heavy (non-hydrogen) atoms. The summed E-state index contributed by atoms with van der Waals surface area (Å²) < 4.78 is 15.0. The molecule has 0 radical (unpaired) electrons. The highest BCUT2D eigenvalue weighted by atomic mass is 16.8. The molecule has 0 saturated carbocycles. The molecule has 0 aromatic rings. The fraction of sp³-hybridized carbons (Fsp3) is 0.909. The van der Waals surface area contributed by atoms with E-state index in [0.29, 0.717) is 0 Å². The van der Waals surface area contributed by atoms with Gasteiger partial charge in [-0.25, -0.2) is 4.79 Å². The SMILES string of the molecule is COC(=O)C(C)(C)N=NC(C)(C)C1OC1OC. The van der Waals surface area contributed by atoms with Crippen LogP contribution in [0.1, 0.15) is 27.7 Å². The molecule has 1 aliphatic rings. The molecular formula is C11H20N2O4. The van der Waals surface area contributed by atoms with Gasteiger partial charge in [-0.15, -0.1) is 0 Å². The predicted octanol–water partition coefficient (Wildman–Crippen LogP) is 1.54. The topological polar surface area (TPSA) is 72.8 Å². The molecule has 0 amide bonds. The highest BCUT2D eigenvalue weighted by Gasteiger charge is 2.51. The zero-order chi connectivity index (χ0) is 13.3. The third-order valence-electron chi connectivity index (χ3n) is 2.62. The lowest BCUT2D eigenvalue weighted by Gasteiger charge is -2.19.